The summed E-state index contributed by atoms with van der Waals surface area (Å²) in [5, 5.41) is 8.02. The van der Waals surface area contributed by atoms with Gasteiger partial charge in [-0.25, -0.2) is 4.79 Å². The van der Waals surface area contributed by atoms with Crippen molar-refractivity contribution in [1.29, 1.82) is 0 Å². The molecule has 1 aliphatic rings. The van der Waals surface area contributed by atoms with Gasteiger partial charge in [0.2, 0.25) is 0 Å². The van der Waals surface area contributed by atoms with E-state index in [4.69, 9.17) is 38.4 Å². The molecule has 1 aliphatic carbocycles. The number of nitrogens with one attached hydrogen (secondary N) is 2. The predicted molar refractivity (Wildman–Crippen MR) is 200 cm³/mol. The van der Waals surface area contributed by atoms with E-state index >= 15 is 0 Å². The molecule has 1 saturated carbocycles. The zero-order valence-electron chi connectivity index (χ0n) is 27.9. The van der Waals surface area contributed by atoms with Crippen LogP contribution in [0.5, 0.6) is 0 Å². The van der Waals surface area contributed by atoms with Gasteiger partial charge in [0.05, 0.1) is 46.6 Å². The van der Waals surface area contributed by atoms with Gasteiger partial charge in [-0.1, -0.05) is 99.3 Å². The van der Waals surface area contributed by atoms with Crippen molar-refractivity contribution in [2.75, 3.05) is 24.3 Å². The second-order valence-corrected chi connectivity index (χ2v) is 14.3. The Bertz CT molecular complexity index is 1490. The van der Waals surface area contributed by atoms with Gasteiger partial charge in [0.1, 0.15) is 0 Å². The number of unbranched alkanes of at least 4 members (excludes halogenated alkanes) is 5. The number of carbonyl (C=O) groups excluding carboxylic acids is 2. The van der Waals surface area contributed by atoms with Crippen LogP contribution in [0.2, 0.25) is 10.0 Å². The SMILES string of the molecule is CCC1(NCc2cc(C(=O)OCCCCCCCCOC(=O)Cc3ccccc3Nc3c(Cl)cccc3Cl)cc(Br)c2N)CCCCC1. The fraction of sp³-hybridized carbons (Fsp3) is 0.474. The Kier molecular flexibility index (Phi) is 15.4. The van der Waals surface area contributed by atoms with Gasteiger partial charge >= 0.3 is 11.9 Å². The number of nitrogens with two attached hydrogens (primary N) is 1. The monoisotopic (exact) mass is 759 g/mol. The molecule has 0 aliphatic heterocycles. The number of ether oxygens (including phenoxy) is 2. The molecule has 4 N–H and O–H groups in total. The number of hydrogen-bond acceptors (Lipinski definition) is 7. The number of halogens is 3. The molecule has 0 amide bonds. The van der Waals surface area contributed by atoms with Crippen LogP contribution < -0.4 is 16.4 Å². The highest BCUT2D eigenvalue weighted by atomic mass is 79.9. The van der Waals surface area contributed by atoms with Gasteiger partial charge in [0, 0.05) is 22.2 Å². The van der Waals surface area contributed by atoms with E-state index < -0.39 is 0 Å². The quantitative estimate of drug-likeness (QED) is 0.0674. The number of hydrogen-bond donors (Lipinski definition) is 3. The Hall–Kier alpha value is -2.78. The van der Waals surface area contributed by atoms with Crippen LogP contribution in [0.4, 0.5) is 17.1 Å². The molecule has 3 aromatic carbocycles. The van der Waals surface area contributed by atoms with Crippen molar-refractivity contribution in [3.05, 3.63) is 85.8 Å². The van der Waals surface area contributed by atoms with Crippen LogP contribution in [-0.4, -0.2) is 30.7 Å². The van der Waals surface area contributed by atoms with Gasteiger partial charge in [0.15, 0.2) is 0 Å². The number of esters is 2. The number of benzene rings is 3. The lowest BCUT2D eigenvalue weighted by atomic mass is 9.79. The summed E-state index contributed by atoms with van der Waals surface area (Å²) in [5.74, 6) is -0.602. The molecular weight excluding hydrogens is 713 g/mol. The average Bonchev–Trinajstić information content (AvgIpc) is 3.08. The van der Waals surface area contributed by atoms with Crippen molar-refractivity contribution < 1.29 is 19.1 Å². The summed E-state index contributed by atoms with van der Waals surface area (Å²) < 4.78 is 11.8. The van der Waals surface area contributed by atoms with Gasteiger partial charge < -0.3 is 25.8 Å². The number of anilines is 3. The maximum absolute atomic E-state index is 12.8. The van der Waals surface area contributed by atoms with Crippen LogP contribution in [-0.2, 0) is 27.2 Å². The molecule has 48 heavy (non-hydrogen) atoms. The van der Waals surface area contributed by atoms with E-state index in [1.165, 1.54) is 32.1 Å². The summed E-state index contributed by atoms with van der Waals surface area (Å²) in [6.07, 6.45) is 13.0. The first-order chi connectivity index (χ1) is 23.2. The first-order valence-corrected chi connectivity index (χ1v) is 18.7. The second kappa shape index (κ2) is 19.4. The van der Waals surface area contributed by atoms with E-state index in [1.54, 1.807) is 24.3 Å². The minimum atomic E-state index is -0.326. The van der Waals surface area contributed by atoms with Gasteiger partial charge in [-0.15, -0.1) is 0 Å². The lowest BCUT2D eigenvalue weighted by Gasteiger charge is -2.38. The van der Waals surface area contributed by atoms with Crippen LogP contribution in [0, 0.1) is 0 Å². The van der Waals surface area contributed by atoms with Gasteiger partial charge in [-0.2, -0.15) is 0 Å². The zero-order valence-corrected chi connectivity index (χ0v) is 31.0. The highest BCUT2D eigenvalue weighted by Crippen LogP contribution is 2.34. The fourth-order valence-corrected chi connectivity index (χ4v) is 7.20. The van der Waals surface area contributed by atoms with E-state index in [1.807, 2.05) is 30.3 Å². The molecule has 3 aromatic rings. The number of nitrogen functional groups attached to an aromatic ring is 1. The van der Waals surface area contributed by atoms with Gasteiger partial charge in [-0.05, 0) is 89.5 Å². The van der Waals surface area contributed by atoms with Gasteiger partial charge in [-0.3, -0.25) is 4.79 Å². The number of rotatable bonds is 18. The molecule has 0 bridgehead atoms. The van der Waals surface area contributed by atoms with Crippen molar-refractivity contribution in [3.8, 4) is 0 Å². The molecule has 0 radical (unpaired) electrons. The highest BCUT2D eigenvalue weighted by Gasteiger charge is 2.29. The normalized spacial score (nSPS) is 14.0. The Balaban J connectivity index is 1.09. The summed E-state index contributed by atoms with van der Waals surface area (Å²) in [7, 11) is 0. The third kappa shape index (κ3) is 11.4. The molecule has 7 nitrogen and oxygen atoms in total. The maximum atomic E-state index is 12.8. The van der Waals surface area contributed by atoms with Crippen molar-refractivity contribution in [1.82, 2.24) is 5.32 Å². The summed E-state index contributed by atoms with van der Waals surface area (Å²) >= 11 is 16.1. The van der Waals surface area contributed by atoms with E-state index in [0.29, 0.717) is 51.2 Å². The topological polar surface area (TPSA) is 103 Å². The Labute approximate surface area is 303 Å². The van der Waals surface area contributed by atoms with E-state index in [-0.39, 0.29) is 23.9 Å². The van der Waals surface area contributed by atoms with Crippen LogP contribution in [0.15, 0.2) is 59.1 Å². The average molecular weight is 762 g/mol. The summed E-state index contributed by atoms with van der Waals surface area (Å²) in [6, 6.07) is 16.4. The molecule has 0 saturated heterocycles. The molecular formula is C38H48BrCl2N3O4. The van der Waals surface area contributed by atoms with E-state index in [2.05, 4.69) is 33.5 Å². The fourth-order valence-electron chi connectivity index (χ4n) is 6.21. The van der Waals surface area contributed by atoms with Crippen LogP contribution in [0.25, 0.3) is 0 Å². The minimum Gasteiger partial charge on any atom is -0.465 e. The molecule has 0 spiro atoms. The second-order valence-electron chi connectivity index (χ2n) is 12.6. The van der Waals surface area contributed by atoms with Gasteiger partial charge in [0.25, 0.3) is 0 Å². The first-order valence-electron chi connectivity index (χ1n) is 17.2. The summed E-state index contributed by atoms with van der Waals surface area (Å²) in [5.41, 5.74) is 10.8. The standard InChI is InChI=1S/C38H48BrCl2N3O4/c1-2-38(19-10-7-11-20-38)43-26-29-23-28(24-30(39)35(29)42)37(46)48-22-13-6-4-3-5-12-21-47-34(45)25-27-15-8-9-18-33(27)44-36-31(40)16-14-17-32(36)41/h8-9,14-18,23-24,43-44H,2-7,10-13,19-22,25-26,42H2,1H3. The van der Waals surface area contributed by atoms with Crippen molar-refractivity contribution in [2.24, 2.45) is 0 Å². The van der Waals surface area contributed by atoms with Crippen molar-refractivity contribution >= 4 is 68.1 Å². The van der Waals surface area contributed by atoms with Crippen LogP contribution in [0.3, 0.4) is 0 Å². The Morgan fingerprint density at radius 2 is 1.50 bits per heavy atom. The minimum absolute atomic E-state index is 0.148. The Morgan fingerprint density at radius 3 is 2.19 bits per heavy atom. The first kappa shape index (κ1) is 38.0. The van der Waals surface area contributed by atoms with Crippen LogP contribution in [0.1, 0.15) is 105 Å². The largest absolute Gasteiger partial charge is 0.465 e. The lowest BCUT2D eigenvalue weighted by Crippen LogP contribution is -2.45. The molecule has 1 fully saturated rings. The lowest BCUT2D eigenvalue weighted by molar-refractivity contribution is -0.142. The third-order valence-corrected chi connectivity index (χ3v) is 10.5. The van der Waals surface area contributed by atoms with Crippen molar-refractivity contribution in [3.63, 3.8) is 0 Å². The maximum Gasteiger partial charge on any atom is 0.338 e. The van der Waals surface area contributed by atoms with E-state index in [0.717, 1.165) is 61.8 Å². The molecule has 0 heterocycles. The summed E-state index contributed by atoms with van der Waals surface area (Å²) in [4.78, 5) is 25.4. The van der Waals surface area contributed by atoms with Crippen molar-refractivity contribution in [2.45, 2.75) is 102 Å². The molecule has 0 atom stereocenters. The number of carbonyl (C=O) groups is 2. The Morgan fingerprint density at radius 1 is 0.854 bits per heavy atom. The molecule has 0 aromatic heterocycles. The highest BCUT2D eigenvalue weighted by molar-refractivity contribution is 9.10. The number of para-hydroxylation sites is 2. The summed E-state index contributed by atoms with van der Waals surface area (Å²) in [6.45, 7) is 3.64. The molecule has 4 rings (SSSR count). The molecule has 260 valence electrons. The predicted octanol–water partition coefficient (Wildman–Crippen LogP) is 10.6. The van der Waals surface area contributed by atoms with E-state index in [9.17, 15) is 9.59 Å². The molecule has 0 unspecified atom stereocenters. The smallest absolute Gasteiger partial charge is 0.338 e. The van der Waals surface area contributed by atoms with Crippen LogP contribution >= 0.6 is 39.1 Å². The molecule has 10 heteroatoms. The third-order valence-electron chi connectivity index (χ3n) is 9.20. The zero-order chi connectivity index (χ0) is 34.4.